The molecule has 2 amide bonds. The molecular weight excluding hydrogens is 286 g/mol. The molecule has 11 nitrogen and oxygen atoms in total. The Balaban J connectivity index is 2.48. The average molecular weight is 303 g/mol. The maximum Gasteiger partial charge on any atom is 0.328 e. The molecule has 0 aliphatic carbocycles. The number of urea groups is 1. The Morgan fingerprint density at radius 3 is 2.62 bits per heavy atom. The highest BCUT2D eigenvalue weighted by Crippen LogP contribution is 2.12. The van der Waals surface area contributed by atoms with E-state index in [2.05, 4.69) is 15.5 Å². The van der Waals surface area contributed by atoms with Crippen molar-refractivity contribution in [2.45, 2.75) is 31.7 Å². The second kappa shape index (κ2) is 7.52. The minimum atomic E-state index is -1.41. The van der Waals surface area contributed by atoms with Crippen LogP contribution >= 0.6 is 0 Å². The van der Waals surface area contributed by atoms with Crippen LogP contribution < -0.4 is 16.4 Å². The standard InChI is InChI=1S/C10H17N5O6/c1-4(17)7(11)8-15-14-6(21-8)2-12-10(20)13-5(3-16)9(18)19/h4-5,7,16-17H,2-3,11H2,1H3,(H,18,19)(H2,12,13,20). The molecule has 0 saturated heterocycles. The Labute approximate surface area is 119 Å². The van der Waals surface area contributed by atoms with E-state index in [4.69, 9.17) is 20.4 Å². The third-order valence-electron chi connectivity index (χ3n) is 2.47. The van der Waals surface area contributed by atoms with Crippen LogP contribution in [0.15, 0.2) is 4.42 Å². The third-order valence-corrected chi connectivity index (χ3v) is 2.47. The number of amides is 2. The Morgan fingerprint density at radius 1 is 1.43 bits per heavy atom. The molecule has 0 bridgehead atoms. The summed E-state index contributed by atoms with van der Waals surface area (Å²) in [5, 5.41) is 38.2. The van der Waals surface area contributed by atoms with Gasteiger partial charge < -0.3 is 36.1 Å². The first kappa shape index (κ1) is 16.8. The number of carboxylic acids is 1. The number of aliphatic hydroxyl groups excluding tert-OH is 2. The number of carbonyl (C=O) groups excluding carboxylic acids is 1. The number of hydrogen-bond donors (Lipinski definition) is 6. The van der Waals surface area contributed by atoms with E-state index in [1.807, 2.05) is 5.32 Å². The Morgan fingerprint density at radius 2 is 2.10 bits per heavy atom. The lowest BCUT2D eigenvalue weighted by molar-refractivity contribution is -0.140. The fourth-order valence-electron chi connectivity index (χ4n) is 1.23. The second-order valence-electron chi connectivity index (χ2n) is 4.20. The third kappa shape index (κ3) is 4.98. The van der Waals surface area contributed by atoms with Gasteiger partial charge in [0.2, 0.25) is 11.8 Å². The van der Waals surface area contributed by atoms with Crippen LogP contribution in [0.2, 0.25) is 0 Å². The molecule has 0 aliphatic heterocycles. The summed E-state index contributed by atoms with van der Waals surface area (Å²) in [6, 6.07) is -3.08. The summed E-state index contributed by atoms with van der Waals surface area (Å²) < 4.78 is 5.12. The zero-order valence-electron chi connectivity index (χ0n) is 11.2. The van der Waals surface area contributed by atoms with Crippen molar-refractivity contribution in [1.29, 1.82) is 0 Å². The lowest BCUT2D eigenvalue weighted by Gasteiger charge is -2.11. The summed E-state index contributed by atoms with van der Waals surface area (Å²) in [6.07, 6.45) is -0.879. The predicted molar refractivity (Wildman–Crippen MR) is 66.8 cm³/mol. The summed E-state index contributed by atoms with van der Waals surface area (Å²) in [5.41, 5.74) is 5.59. The molecular formula is C10H17N5O6. The predicted octanol–water partition coefficient (Wildman–Crippen LogP) is -2.31. The first-order valence-electron chi connectivity index (χ1n) is 5.99. The molecule has 3 atom stereocenters. The zero-order chi connectivity index (χ0) is 16.0. The number of rotatable bonds is 7. The number of aliphatic hydroxyl groups is 2. The smallest absolute Gasteiger partial charge is 0.328 e. The van der Waals surface area contributed by atoms with Crippen LogP contribution in [-0.4, -0.2) is 56.3 Å². The van der Waals surface area contributed by atoms with Gasteiger partial charge in [-0.15, -0.1) is 10.2 Å². The molecule has 0 fully saturated rings. The van der Waals surface area contributed by atoms with Gasteiger partial charge in [0.25, 0.3) is 0 Å². The first-order chi connectivity index (χ1) is 9.85. The summed E-state index contributed by atoms with van der Waals surface area (Å²) in [4.78, 5) is 22.0. The molecule has 3 unspecified atom stereocenters. The van der Waals surface area contributed by atoms with Crippen LogP contribution in [0.4, 0.5) is 4.79 Å². The van der Waals surface area contributed by atoms with E-state index >= 15 is 0 Å². The monoisotopic (exact) mass is 303 g/mol. The van der Waals surface area contributed by atoms with Crippen molar-refractivity contribution < 1.29 is 29.3 Å². The molecule has 0 spiro atoms. The van der Waals surface area contributed by atoms with Gasteiger partial charge in [0, 0.05) is 0 Å². The van der Waals surface area contributed by atoms with Gasteiger partial charge in [-0.2, -0.15) is 0 Å². The molecule has 1 heterocycles. The maximum atomic E-state index is 11.4. The normalized spacial score (nSPS) is 15.0. The Hall–Kier alpha value is -2.24. The molecule has 118 valence electrons. The Kier molecular flexibility index (Phi) is 6.02. The van der Waals surface area contributed by atoms with Crippen LogP contribution in [0, 0.1) is 0 Å². The SMILES string of the molecule is CC(O)C(N)c1nnc(CNC(=O)NC(CO)C(=O)O)o1. The van der Waals surface area contributed by atoms with Crippen molar-refractivity contribution in [3.63, 3.8) is 0 Å². The number of aliphatic carboxylic acids is 1. The average Bonchev–Trinajstić information content (AvgIpc) is 2.89. The second-order valence-corrected chi connectivity index (χ2v) is 4.20. The summed E-state index contributed by atoms with van der Waals surface area (Å²) in [6.45, 7) is 0.557. The number of carbonyl (C=O) groups is 2. The van der Waals surface area contributed by atoms with Crippen LogP contribution in [0.5, 0.6) is 0 Å². The molecule has 1 rings (SSSR count). The summed E-state index contributed by atoms with van der Waals surface area (Å²) in [5.74, 6) is -1.32. The fraction of sp³-hybridized carbons (Fsp3) is 0.600. The van der Waals surface area contributed by atoms with Crippen molar-refractivity contribution in [1.82, 2.24) is 20.8 Å². The number of hydrogen-bond acceptors (Lipinski definition) is 8. The van der Waals surface area contributed by atoms with Crippen molar-refractivity contribution in [2.75, 3.05) is 6.61 Å². The van der Waals surface area contributed by atoms with Gasteiger partial charge in [0.15, 0.2) is 6.04 Å². The fourth-order valence-corrected chi connectivity index (χ4v) is 1.23. The van der Waals surface area contributed by atoms with Crippen LogP contribution in [-0.2, 0) is 11.3 Å². The van der Waals surface area contributed by atoms with Gasteiger partial charge in [0.05, 0.1) is 19.3 Å². The van der Waals surface area contributed by atoms with Crippen molar-refractivity contribution in [3.05, 3.63) is 11.8 Å². The molecule has 0 aliphatic rings. The highest BCUT2D eigenvalue weighted by molar-refractivity contribution is 5.82. The quantitative estimate of drug-likeness (QED) is 0.322. The zero-order valence-corrected chi connectivity index (χ0v) is 11.2. The van der Waals surface area contributed by atoms with Crippen molar-refractivity contribution >= 4 is 12.0 Å². The minimum absolute atomic E-state index is 0.0148. The number of aromatic nitrogens is 2. The van der Waals surface area contributed by atoms with Gasteiger partial charge in [-0.25, -0.2) is 9.59 Å². The van der Waals surface area contributed by atoms with Crippen LogP contribution in [0.25, 0.3) is 0 Å². The molecule has 0 saturated carbocycles. The van der Waals surface area contributed by atoms with E-state index in [-0.39, 0.29) is 18.3 Å². The van der Waals surface area contributed by atoms with Crippen LogP contribution in [0.1, 0.15) is 24.7 Å². The van der Waals surface area contributed by atoms with E-state index < -0.39 is 36.8 Å². The van der Waals surface area contributed by atoms with E-state index in [0.29, 0.717) is 0 Å². The van der Waals surface area contributed by atoms with Gasteiger partial charge in [-0.05, 0) is 6.92 Å². The number of carboxylic acid groups (broad SMARTS) is 1. The summed E-state index contributed by atoms with van der Waals surface area (Å²) >= 11 is 0. The molecule has 0 aromatic carbocycles. The molecule has 7 N–H and O–H groups in total. The lowest BCUT2D eigenvalue weighted by atomic mass is 10.2. The molecule has 1 aromatic rings. The van der Waals surface area contributed by atoms with Gasteiger partial charge in [0.1, 0.15) is 6.04 Å². The molecule has 21 heavy (non-hydrogen) atoms. The highest BCUT2D eigenvalue weighted by atomic mass is 16.4. The first-order valence-corrected chi connectivity index (χ1v) is 5.99. The summed E-state index contributed by atoms with van der Waals surface area (Å²) in [7, 11) is 0. The van der Waals surface area contributed by atoms with Gasteiger partial charge >= 0.3 is 12.0 Å². The largest absolute Gasteiger partial charge is 0.480 e. The highest BCUT2D eigenvalue weighted by Gasteiger charge is 2.21. The topological polar surface area (TPSA) is 184 Å². The van der Waals surface area contributed by atoms with Gasteiger partial charge in [-0.1, -0.05) is 0 Å². The number of nitrogens with zero attached hydrogens (tertiary/aromatic N) is 2. The molecule has 1 aromatic heterocycles. The molecule has 11 heteroatoms. The minimum Gasteiger partial charge on any atom is -0.480 e. The van der Waals surface area contributed by atoms with Gasteiger partial charge in [-0.3, -0.25) is 0 Å². The van der Waals surface area contributed by atoms with E-state index in [1.165, 1.54) is 6.92 Å². The lowest BCUT2D eigenvalue weighted by Crippen LogP contribution is -2.47. The van der Waals surface area contributed by atoms with Crippen molar-refractivity contribution in [2.24, 2.45) is 5.73 Å². The number of nitrogens with one attached hydrogen (secondary N) is 2. The van der Waals surface area contributed by atoms with E-state index in [1.54, 1.807) is 0 Å². The van der Waals surface area contributed by atoms with Crippen LogP contribution in [0.3, 0.4) is 0 Å². The molecule has 0 radical (unpaired) electrons. The van der Waals surface area contributed by atoms with E-state index in [0.717, 1.165) is 0 Å². The maximum absolute atomic E-state index is 11.4. The Bertz CT molecular complexity index is 490. The number of nitrogens with two attached hydrogens (primary N) is 1. The van der Waals surface area contributed by atoms with E-state index in [9.17, 15) is 14.7 Å². The van der Waals surface area contributed by atoms with Crippen molar-refractivity contribution in [3.8, 4) is 0 Å².